The molecular formula is C18H19FN8O. The van der Waals surface area contributed by atoms with Gasteiger partial charge in [-0.05, 0) is 25.0 Å². The summed E-state index contributed by atoms with van der Waals surface area (Å²) in [7, 11) is 0. The molecule has 28 heavy (non-hydrogen) atoms. The van der Waals surface area contributed by atoms with Crippen LogP contribution in [-0.2, 0) is 4.79 Å². The van der Waals surface area contributed by atoms with Gasteiger partial charge in [0.05, 0.1) is 6.20 Å². The number of nitrogens with two attached hydrogens (primary N) is 1. The largest absolute Gasteiger partial charge is 0.331 e. The summed E-state index contributed by atoms with van der Waals surface area (Å²) >= 11 is 0. The van der Waals surface area contributed by atoms with E-state index in [9.17, 15) is 9.18 Å². The van der Waals surface area contributed by atoms with Crippen molar-refractivity contribution < 1.29 is 9.18 Å². The number of hydrogen-bond donors (Lipinski definition) is 4. The number of amides is 1. The number of halogens is 1. The third-order valence-corrected chi connectivity index (χ3v) is 5.24. The Kier molecular flexibility index (Phi) is 3.69. The first-order valence-corrected chi connectivity index (χ1v) is 9.18. The maximum atomic E-state index is 14.3. The third-order valence-electron chi connectivity index (χ3n) is 5.24. The van der Waals surface area contributed by atoms with Crippen molar-refractivity contribution in [3.05, 3.63) is 36.5 Å². The van der Waals surface area contributed by atoms with Crippen LogP contribution < -0.4 is 16.4 Å². The van der Waals surface area contributed by atoms with Gasteiger partial charge in [0, 0.05) is 29.5 Å². The molecule has 1 fully saturated rings. The first kappa shape index (κ1) is 16.9. The molecule has 144 valence electrons. The predicted molar refractivity (Wildman–Crippen MR) is 103 cm³/mol. The molecule has 1 aliphatic carbocycles. The molecule has 0 spiro atoms. The number of aromatic nitrogens is 2. The van der Waals surface area contributed by atoms with Gasteiger partial charge in [-0.1, -0.05) is 12.8 Å². The standard InChI is InChI=1S/C18H19FN8O/c19-13-8-11(7-10-9-22-26-14(10)13)23-18(20)24-16-15(17(28)25-18)21-5-6-27(16)12-3-1-2-4-12/h5-9,12,23H,1-4,20H2,(H,22,26)(H,25,28). The normalized spacial score (nSPS) is 24.8. The SMILES string of the molecule is NC1(Nc2cc(F)c3[nH]ncc3c2)N=C2C(=NC=CN2C2CCCC2)C(=O)N1. The quantitative estimate of drug-likeness (QED) is 0.597. The number of hydrogen-bond acceptors (Lipinski definition) is 7. The van der Waals surface area contributed by atoms with Crippen LogP contribution in [0.4, 0.5) is 10.1 Å². The fourth-order valence-electron chi connectivity index (χ4n) is 3.97. The molecule has 5 rings (SSSR count). The van der Waals surface area contributed by atoms with E-state index in [-0.39, 0.29) is 11.8 Å². The third kappa shape index (κ3) is 2.73. The van der Waals surface area contributed by atoms with Crippen molar-refractivity contribution in [2.45, 2.75) is 37.6 Å². The number of rotatable bonds is 3. The lowest BCUT2D eigenvalue weighted by Gasteiger charge is -2.38. The minimum atomic E-state index is -1.63. The van der Waals surface area contributed by atoms with Crippen LogP contribution in [0.15, 0.2) is 40.7 Å². The molecule has 1 aromatic carbocycles. The van der Waals surface area contributed by atoms with Crippen LogP contribution in [-0.4, -0.2) is 44.5 Å². The molecule has 3 heterocycles. The predicted octanol–water partition coefficient (Wildman–Crippen LogP) is 1.38. The summed E-state index contributed by atoms with van der Waals surface area (Å²) in [6.07, 6.45) is 9.25. The van der Waals surface area contributed by atoms with Crippen LogP contribution in [0.1, 0.15) is 25.7 Å². The van der Waals surface area contributed by atoms with Crippen LogP contribution in [0, 0.1) is 5.82 Å². The van der Waals surface area contributed by atoms with Crippen molar-refractivity contribution in [1.82, 2.24) is 20.4 Å². The maximum Gasteiger partial charge on any atom is 0.278 e. The lowest BCUT2D eigenvalue weighted by Crippen LogP contribution is -2.67. The molecule has 9 nitrogen and oxygen atoms in total. The molecule has 0 radical (unpaired) electrons. The smallest absolute Gasteiger partial charge is 0.278 e. The zero-order chi connectivity index (χ0) is 19.3. The summed E-state index contributed by atoms with van der Waals surface area (Å²) in [6, 6.07) is 3.22. The van der Waals surface area contributed by atoms with Crippen molar-refractivity contribution in [2.75, 3.05) is 5.32 Å². The van der Waals surface area contributed by atoms with Crippen LogP contribution in [0.3, 0.4) is 0 Å². The Labute approximate surface area is 159 Å². The molecule has 0 saturated heterocycles. The molecular weight excluding hydrogens is 363 g/mol. The number of carbonyl (C=O) groups is 1. The van der Waals surface area contributed by atoms with E-state index >= 15 is 0 Å². The second-order valence-electron chi connectivity index (χ2n) is 7.19. The Morgan fingerprint density at radius 1 is 1.32 bits per heavy atom. The average Bonchev–Trinajstić information content (AvgIpc) is 3.32. The van der Waals surface area contributed by atoms with Gasteiger partial charge in [0.2, 0.25) is 0 Å². The molecule has 2 aliphatic heterocycles. The Morgan fingerprint density at radius 3 is 2.96 bits per heavy atom. The Morgan fingerprint density at radius 2 is 2.14 bits per heavy atom. The summed E-state index contributed by atoms with van der Waals surface area (Å²) in [6.45, 7) is 0. The topological polar surface area (TPSA) is 124 Å². The van der Waals surface area contributed by atoms with E-state index < -0.39 is 17.6 Å². The van der Waals surface area contributed by atoms with E-state index in [4.69, 9.17) is 5.73 Å². The van der Waals surface area contributed by atoms with Crippen molar-refractivity contribution >= 4 is 34.0 Å². The van der Waals surface area contributed by atoms with Crippen molar-refractivity contribution in [3.8, 4) is 0 Å². The van der Waals surface area contributed by atoms with Crippen LogP contribution in [0.5, 0.6) is 0 Å². The van der Waals surface area contributed by atoms with Gasteiger partial charge >= 0.3 is 0 Å². The highest BCUT2D eigenvalue weighted by molar-refractivity contribution is 6.67. The number of amidine groups is 1. The zero-order valence-electron chi connectivity index (χ0n) is 14.9. The van der Waals surface area contributed by atoms with E-state index in [1.54, 1.807) is 12.3 Å². The highest BCUT2D eigenvalue weighted by atomic mass is 19.1. The highest BCUT2D eigenvalue weighted by Crippen LogP contribution is 2.28. The van der Waals surface area contributed by atoms with E-state index in [2.05, 4.69) is 30.8 Å². The van der Waals surface area contributed by atoms with Gasteiger partial charge in [-0.25, -0.2) is 14.4 Å². The first-order valence-electron chi connectivity index (χ1n) is 9.18. The van der Waals surface area contributed by atoms with Crippen LogP contribution in [0.2, 0.25) is 0 Å². The van der Waals surface area contributed by atoms with Crippen molar-refractivity contribution in [1.29, 1.82) is 0 Å². The molecule has 2 aromatic rings. The van der Waals surface area contributed by atoms with E-state index in [1.807, 2.05) is 11.1 Å². The van der Waals surface area contributed by atoms with E-state index in [1.165, 1.54) is 12.3 Å². The van der Waals surface area contributed by atoms with E-state index in [0.29, 0.717) is 22.4 Å². The minimum absolute atomic E-state index is 0.230. The fourth-order valence-corrected chi connectivity index (χ4v) is 3.97. The number of fused-ring (bicyclic) bond motifs is 2. The average molecular weight is 382 g/mol. The second-order valence-corrected chi connectivity index (χ2v) is 7.19. The number of benzene rings is 1. The van der Waals surface area contributed by atoms with Gasteiger partial charge in [0.25, 0.3) is 11.8 Å². The molecule has 1 aromatic heterocycles. The maximum absolute atomic E-state index is 14.3. The molecule has 1 atom stereocenters. The van der Waals surface area contributed by atoms with Crippen LogP contribution in [0.25, 0.3) is 10.9 Å². The summed E-state index contributed by atoms with van der Waals surface area (Å²) in [5.41, 5.74) is 7.24. The highest BCUT2D eigenvalue weighted by Gasteiger charge is 2.41. The Balaban J connectivity index is 1.51. The molecule has 1 amide bonds. The number of H-pyrrole nitrogens is 1. The molecule has 5 N–H and O–H groups in total. The van der Waals surface area contributed by atoms with Gasteiger partial charge < -0.3 is 10.2 Å². The Bertz CT molecular complexity index is 1050. The number of aromatic amines is 1. The lowest BCUT2D eigenvalue weighted by atomic mass is 10.1. The van der Waals surface area contributed by atoms with Gasteiger partial charge in [-0.15, -0.1) is 0 Å². The number of nitrogens with one attached hydrogen (secondary N) is 3. The second kappa shape index (κ2) is 6.13. The van der Waals surface area contributed by atoms with Gasteiger partial charge in [-0.2, -0.15) is 5.10 Å². The zero-order valence-corrected chi connectivity index (χ0v) is 14.9. The number of nitrogens with zero attached hydrogens (tertiary/aromatic N) is 4. The number of anilines is 1. The molecule has 10 heteroatoms. The number of aliphatic imine (C=N–C) groups is 2. The van der Waals surface area contributed by atoms with E-state index in [0.717, 1.165) is 25.7 Å². The van der Waals surface area contributed by atoms with Gasteiger partial charge in [0.15, 0.2) is 17.4 Å². The minimum Gasteiger partial charge on any atom is -0.331 e. The van der Waals surface area contributed by atoms with Crippen LogP contribution >= 0.6 is 0 Å². The lowest BCUT2D eigenvalue weighted by molar-refractivity contribution is -0.116. The Hall–Kier alpha value is -3.27. The summed E-state index contributed by atoms with van der Waals surface area (Å²) in [4.78, 5) is 23.3. The first-order chi connectivity index (χ1) is 13.5. The molecule has 1 saturated carbocycles. The summed E-state index contributed by atoms with van der Waals surface area (Å²) in [5, 5.41) is 12.6. The fraction of sp³-hybridized carbons (Fsp3) is 0.333. The molecule has 3 aliphatic rings. The van der Waals surface area contributed by atoms with Crippen molar-refractivity contribution in [2.24, 2.45) is 15.7 Å². The van der Waals surface area contributed by atoms with Crippen molar-refractivity contribution in [3.63, 3.8) is 0 Å². The summed E-state index contributed by atoms with van der Waals surface area (Å²) in [5.74, 6) is -2.11. The monoisotopic (exact) mass is 382 g/mol. The summed E-state index contributed by atoms with van der Waals surface area (Å²) < 4.78 is 14.3. The van der Waals surface area contributed by atoms with Gasteiger partial charge in [-0.3, -0.25) is 20.9 Å². The molecule has 1 unspecified atom stereocenters. The molecule has 0 bridgehead atoms. The number of carbonyl (C=O) groups excluding carboxylic acids is 1. The van der Waals surface area contributed by atoms with Gasteiger partial charge in [0.1, 0.15) is 5.52 Å².